The van der Waals surface area contributed by atoms with Gasteiger partial charge in [-0.05, 0) is 36.2 Å². The van der Waals surface area contributed by atoms with Crippen molar-refractivity contribution in [1.82, 2.24) is 15.0 Å². The summed E-state index contributed by atoms with van der Waals surface area (Å²) < 4.78 is 0. The largest absolute Gasteiger partial charge is 0.392 e. The number of hydrogen-bond donors (Lipinski definition) is 4. The van der Waals surface area contributed by atoms with Crippen LogP contribution in [0.3, 0.4) is 0 Å². The van der Waals surface area contributed by atoms with Crippen LogP contribution in [0.5, 0.6) is 0 Å². The van der Waals surface area contributed by atoms with Crippen LogP contribution >= 0.6 is 11.3 Å². The van der Waals surface area contributed by atoms with Gasteiger partial charge >= 0.3 is 0 Å². The zero-order valence-electron chi connectivity index (χ0n) is 13.9. The molecule has 4 N–H and O–H groups in total. The van der Waals surface area contributed by atoms with Crippen molar-refractivity contribution in [2.75, 3.05) is 17.7 Å². The standard InChI is InChI=1S/C17H19N5O2S/c1-10-15(25-17(18-2)20-10)14-3-4-19-16(22-14)21-13-6-11(8-23)5-12(7-13)9-24/h3-7,23-24H,8-9H2,1-2H3,(H,18,20)(H,19,21,22). The highest BCUT2D eigenvalue weighted by Crippen LogP contribution is 2.31. The Labute approximate surface area is 149 Å². The molecular formula is C17H19N5O2S. The van der Waals surface area contributed by atoms with Crippen LogP contribution in [0.1, 0.15) is 16.8 Å². The van der Waals surface area contributed by atoms with Crippen molar-refractivity contribution in [3.63, 3.8) is 0 Å². The lowest BCUT2D eigenvalue weighted by atomic mass is 10.1. The lowest BCUT2D eigenvalue weighted by Gasteiger charge is -2.09. The fourth-order valence-corrected chi connectivity index (χ4v) is 3.32. The van der Waals surface area contributed by atoms with E-state index in [0.29, 0.717) is 22.8 Å². The van der Waals surface area contributed by atoms with Gasteiger partial charge < -0.3 is 20.8 Å². The second-order valence-electron chi connectivity index (χ2n) is 5.43. The van der Waals surface area contributed by atoms with Crippen LogP contribution in [-0.2, 0) is 13.2 Å². The fraction of sp³-hybridized carbons (Fsp3) is 0.235. The molecule has 0 saturated heterocycles. The van der Waals surface area contributed by atoms with E-state index in [2.05, 4.69) is 25.6 Å². The number of aromatic nitrogens is 3. The molecule has 8 heteroatoms. The van der Waals surface area contributed by atoms with Gasteiger partial charge in [-0.15, -0.1) is 0 Å². The van der Waals surface area contributed by atoms with Crippen LogP contribution < -0.4 is 10.6 Å². The predicted molar refractivity (Wildman–Crippen MR) is 99.0 cm³/mol. The molecule has 130 valence electrons. The summed E-state index contributed by atoms with van der Waals surface area (Å²) in [6.07, 6.45) is 1.69. The first kappa shape index (κ1) is 17.3. The third kappa shape index (κ3) is 3.93. The van der Waals surface area contributed by atoms with E-state index < -0.39 is 0 Å². The lowest BCUT2D eigenvalue weighted by molar-refractivity contribution is 0.275. The van der Waals surface area contributed by atoms with Crippen molar-refractivity contribution in [3.8, 4) is 10.6 Å². The summed E-state index contributed by atoms with van der Waals surface area (Å²) in [6.45, 7) is 1.74. The van der Waals surface area contributed by atoms with Crippen LogP contribution in [-0.4, -0.2) is 32.2 Å². The van der Waals surface area contributed by atoms with E-state index in [1.54, 1.807) is 24.4 Å². The average molecular weight is 357 g/mol. The summed E-state index contributed by atoms with van der Waals surface area (Å²) in [7, 11) is 1.84. The minimum Gasteiger partial charge on any atom is -0.392 e. The molecule has 3 aromatic rings. The molecule has 0 spiro atoms. The summed E-state index contributed by atoms with van der Waals surface area (Å²) in [5.74, 6) is 0.440. The Hall–Kier alpha value is -2.55. The number of thiazole rings is 1. The Morgan fingerprint density at radius 3 is 2.40 bits per heavy atom. The molecule has 0 aliphatic heterocycles. The van der Waals surface area contributed by atoms with Gasteiger partial charge in [0.05, 0.1) is 29.5 Å². The monoisotopic (exact) mass is 357 g/mol. The van der Waals surface area contributed by atoms with E-state index in [4.69, 9.17) is 0 Å². The van der Waals surface area contributed by atoms with Gasteiger partial charge in [0, 0.05) is 18.9 Å². The van der Waals surface area contributed by atoms with E-state index in [9.17, 15) is 10.2 Å². The highest BCUT2D eigenvalue weighted by Gasteiger charge is 2.11. The molecular weight excluding hydrogens is 338 g/mol. The molecule has 0 atom stereocenters. The predicted octanol–water partition coefficient (Wildman–Crippen LogP) is 2.68. The highest BCUT2D eigenvalue weighted by atomic mass is 32.1. The van der Waals surface area contributed by atoms with Gasteiger partial charge in [-0.2, -0.15) is 0 Å². The molecule has 2 aromatic heterocycles. The zero-order chi connectivity index (χ0) is 17.8. The third-order valence-corrected chi connectivity index (χ3v) is 4.77. The number of nitrogens with zero attached hydrogens (tertiary/aromatic N) is 3. The maximum atomic E-state index is 9.34. The molecule has 0 aliphatic carbocycles. The number of benzene rings is 1. The molecule has 7 nitrogen and oxygen atoms in total. The third-order valence-electron chi connectivity index (χ3n) is 3.57. The smallest absolute Gasteiger partial charge is 0.227 e. The average Bonchev–Trinajstić information content (AvgIpc) is 3.02. The highest BCUT2D eigenvalue weighted by molar-refractivity contribution is 7.19. The first-order valence-corrected chi connectivity index (χ1v) is 8.54. The van der Waals surface area contributed by atoms with Crippen LogP contribution in [0.2, 0.25) is 0 Å². The first-order valence-electron chi connectivity index (χ1n) is 7.73. The summed E-state index contributed by atoms with van der Waals surface area (Å²) in [6, 6.07) is 7.19. The van der Waals surface area contributed by atoms with Crippen LogP contribution in [0.25, 0.3) is 10.6 Å². The summed E-state index contributed by atoms with van der Waals surface area (Å²) in [4.78, 5) is 14.2. The fourth-order valence-electron chi connectivity index (χ4n) is 2.43. The van der Waals surface area contributed by atoms with Gasteiger partial charge in [0.25, 0.3) is 0 Å². The lowest BCUT2D eigenvalue weighted by Crippen LogP contribution is -2.00. The van der Waals surface area contributed by atoms with Crippen LogP contribution in [0, 0.1) is 6.92 Å². The Morgan fingerprint density at radius 2 is 1.80 bits per heavy atom. The second-order valence-corrected chi connectivity index (χ2v) is 6.43. The number of rotatable bonds is 6. The number of anilines is 3. The molecule has 0 amide bonds. The maximum Gasteiger partial charge on any atom is 0.227 e. The zero-order valence-corrected chi connectivity index (χ0v) is 14.8. The number of aliphatic hydroxyl groups is 2. The summed E-state index contributed by atoms with van der Waals surface area (Å²) in [5.41, 5.74) is 3.83. The quantitative estimate of drug-likeness (QED) is 0.538. The van der Waals surface area contributed by atoms with Crippen molar-refractivity contribution < 1.29 is 10.2 Å². The Kier molecular flexibility index (Phi) is 5.22. The van der Waals surface area contributed by atoms with Crippen molar-refractivity contribution in [2.24, 2.45) is 0 Å². The molecule has 0 bridgehead atoms. The topological polar surface area (TPSA) is 103 Å². The van der Waals surface area contributed by atoms with Crippen molar-refractivity contribution in [2.45, 2.75) is 20.1 Å². The molecule has 0 radical (unpaired) electrons. The van der Waals surface area contributed by atoms with Gasteiger partial charge in [-0.3, -0.25) is 0 Å². The SMILES string of the molecule is CNc1nc(C)c(-c2ccnc(Nc3cc(CO)cc(CO)c3)n2)s1. The van der Waals surface area contributed by atoms with Gasteiger partial charge in [-0.25, -0.2) is 15.0 Å². The van der Waals surface area contributed by atoms with E-state index >= 15 is 0 Å². The number of aliphatic hydroxyl groups excluding tert-OH is 2. The molecule has 0 aliphatic rings. The Bertz CT molecular complexity index is 859. The minimum atomic E-state index is -0.101. The number of hydrogen-bond acceptors (Lipinski definition) is 8. The van der Waals surface area contributed by atoms with Crippen molar-refractivity contribution in [1.29, 1.82) is 0 Å². The molecule has 3 rings (SSSR count). The van der Waals surface area contributed by atoms with Crippen LogP contribution in [0.4, 0.5) is 16.8 Å². The minimum absolute atomic E-state index is 0.101. The van der Waals surface area contributed by atoms with E-state index in [0.717, 1.165) is 21.4 Å². The molecule has 1 aromatic carbocycles. The summed E-state index contributed by atoms with van der Waals surface area (Å²) in [5, 5.41) is 25.7. The molecule has 0 fully saturated rings. The Morgan fingerprint density at radius 1 is 1.08 bits per heavy atom. The van der Waals surface area contributed by atoms with Gasteiger partial charge in [0.15, 0.2) is 5.13 Å². The van der Waals surface area contributed by atoms with Crippen LogP contribution in [0.15, 0.2) is 30.5 Å². The Balaban J connectivity index is 1.90. The van der Waals surface area contributed by atoms with Gasteiger partial charge in [0.2, 0.25) is 5.95 Å². The van der Waals surface area contributed by atoms with E-state index in [1.165, 1.54) is 11.3 Å². The normalized spacial score (nSPS) is 10.7. The molecule has 0 saturated carbocycles. The molecule has 2 heterocycles. The number of aryl methyl sites for hydroxylation is 1. The van der Waals surface area contributed by atoms with Crippen molar-refractivity contribution >= 4 is 28.1 Å². The second kappa shape index (κ2) is 7.56. The first-order chi connectivity index (χ1) is 12.1. The molecule has 0 unspecified atom stereocenters. The maximum absolute atomic E-state index is 9.34. The van der Waals surface area contributed by atoms with Crippen molar-refractivity contribution in [3.05, 3.63) is 47.3 Å². The van der Waals surface area contributed by atoms with Gasteiger partial charge in [-0.1, -0.05) is 17.4 Å². The van der Waals surface area contributed by atoms with E-state index in [-0.39, 0.29) is 13.2 Å². The van der Waals surface area contributed by atoms with E-state index in [1.807, 2.05) is 20.0 Å². The summed E-state index contributed by atoms with van der Waals surface area (Å²) >= 11 is 1.53. The number of nitrogens with one attached hydrogen (secondary N) is 2. The molecule has 25 heavy (non-hydrogen) atoms. The van der Waals surface area contributed by atoms with Gasteiger partial charge in [0.1, 0.15) is 0 Å².